The van der Waals surface area contributed by atoms with E-state index in [1.54, 1.807) is 40.9 Å². The Morgan fingerprint density at radius 3 is 2.55 bits per heavy atom. The topological polar surface area (TPSA) is 72.9 Å². The molecule has 4 rings (SSSR count). The maximum absolute atomic E-state index is 12.8. The van der Waals surface area contributed by atoms with E-state index >= 15 is 0 Å². The van der Waals surface area contributed by atoms with Crippen LogP contribution in [0.4, 0.5) is 0 Å². The van der Waals surface area contributed by atoms with Crippen molar-refractivity contribution in [3.8, 4) is 0 Å². The molecule has 2 heterocycles. The number of rotatable bonds is 5. The highest BCUT2D eigenvalue weighted by atomic mass is 32.2. The van der Waals surface area contributed by atoms with Crippen LogP contribution in [-0.4, -0.2) is 41.7 Å². The van der Waals surface area contributed by atoms with Gasteiger partial charge in [0.25, 0.3) is 0 Å². The molecule has 2 aromatic rings. The fourth-order valence-corrected chi connectivity index (χ4v) is 5.56. The molecule has 29 heavy (non-hydrogen) atoms. The molecule has 7 heteroatoms. The van der Waals surface area contributed by atoms with Gasteiger partial charge in [0.05, 0.1) is 12.7 Å². The summed E-state index contributed by atoms with van der Waals surface area (Å²) in [6, 6.07) is 16.0. The lowest BCUT2D eigenvalue weighted by Gasteiger charge is -2.33. The number of benzene rings is 2. The van der Waals surface area contributed by atoms with E-state index in [2.05, 4.69) is 4.74 Å². The second-order valence-corrected chi connectivity index (χ2v) is 8.33. The van der Waals surface area contributed by atoms with Crippen molar-refractivity contribution in [2.45, 2.75) is 30.4 Å². The molecule has 0 saturated carbocycles. The van der Waals surface area contributed by atoms with Crippen LogP contribution in [0, 0.1) is 0 Å². The van der Waals surface area contributed by atoms with Gasteiger partial charge < -0.3 is 14.4 Å². The van der Waals surface area contributed by atoms with Crippen LogP contribution in [-0.2, 0) is 30.5 Å². The van der Waals surface area contributed by atoms with Crippen molar-refractivity contribution in [2.24, 2.45) is 0 Å². The number of amides is 1. The molecule has 150 valence electrons. The van der Waals surface area contributed by atoms with E-state index in [-0.39, 0.29) is 12.5 Å². The van der Waals surface area contributed by atoms with E-state index in [1.165, 1.54) is 7.11 Å². The lowest BCUT2D eigenvalue weighted by molar-refractivity contribution is -0.155. The number of ether oxygens (including phenoxy) is 2. The first-order chi connectivity index (χ1) is 14.0. The van der Waals surface area contributed by atoms with Crippen molar-refractivity contribution >= 4 is 29.6 Å². The first kappa shape index (κ1) is 19.5. The van der Waals surface area contributed by atoms with E-state index < -0.39 is 22.9 Å². The average Bonchev–Trinajstić information content (AvgIpc) is 3.32. The molecule has 0 spiro atoms. The highest BCUT2D eigenvalue weighted by molar-refractivity contribution is 8.00. The van der Waals surface area contributed by atoms with Gasteiger partial charge in [-0.05, 0) is 29.7 Å². The highest BCUT2D eigenvalue weighted by Crippen LogP contribution is 2.54. The number of hydrogen-bond donors (Lipinski definition) is 0. The Labute approximate surface area is 173 Å². The monoisotopic (exact) mass is 411 g/mol. The molecule has 0 unspecified atom stereocenters. The first-order valence-electron chi connectivity index (χ1n) is 9.41. The first-order valence-corrected chi connectivity index (χ1v) is 10.4. The van der Waals surface area contributed by atoms with Crippen molar-refractivity contribution < 1.29 is 23.9 Å². The van der Waals surface area contributed by atoms with Gasteiger partial charge in [0.2, 0.25) is 5.91 Å². The average molecular weight is 411 g/mol. The molecule has 0 bridgehead atoms. The molecule has 0 N–H and O–H groups in total. The number of esters is 2. The van der Waals surface area contributed by atoms with Crippen LogP contribution in [0.5, 0.6) is 0 Å². The summed E-state index contributed by atoms with van der Waals surface area (Å²) in [4.78, 5) is 38.1. The van der Waals surface area contributed by atoms with Gasteiger partial charge >= 0.3 is 11.9 Å². The normalized spacial score (nSPS) is 23.0. The Hall–Kier alpha value is -2.80. The van der Waals surface area contributed by atoms with Gasteiger partial charge in [-0.15, -0.1) is 11.8 Å². The third-order valence-corrected chi connectivity index (χ3v) is 6.98. The number of fused-ring (bicyclic) bond motifs is 1. The Morgan fingerprint density at radius 1 is 1.14 bits per heavy atom. The standard InChI is InChI=1S/C22H21NO5S/c1-27-20(25)16-9-7-15(8-10-16)13-28-21(26)18-14-29-22(12-11-19(24)23(18)22)17-5-3-2-4-6-17/h2-10,18H,11-14H2,1H3/t18-,22-/m0/s1. The van der Waals surface area contributed by atoms with Gasteiger partial charge in [-0.1, -0.05) is 42.5 Å². The number of hydrogen-bond acceptors (Lipinski definition) is 6. The van der Waals surface area contributed by atoms with E-state index in [9.17, 15) is 14.4 Å². The number of methoxy groups -OCH3 is 1. The van der Waals surface area contributed by atoms with E-state index in [0.29, 0.717) is 24.2 Å². The summed E-state index contributed by atoms with van der Waals surface area (Å²) in [5, 5.41) is 0. The molecule has 6 nitrogen and oxygen atoms in total. The van der Waals surface area contributed by atoms with Gasteiger partial charge in [0.15, 0.2) is 0 Å². The van der Waals surface area contributed by atoms with Gasteiger partial charge in [-0.2, -0.15) is 0 Å². The van der Waals surface area contributed by atoms with Crippen molar-refractivity contribution in [2.75, 3.05) is 12.9 Å². The van der Waals surface area contributed by atoms with E-state index in [0.717, 1.165) is 11.1 Å². The van der Waals surface area contributed by atoms with Crippen LogP contribution >= 0.6 is 11.8 Å². The molecule has 0 aromatic heterocycles. The Kier molecular flexibility index (Phi) is 5.32. The zero-order valence-corrected chi connectivity index (χ0v) is 16.8. The largest absolute Gasteiger partial charge is 0.465 e. The molecule has 2 saturated heterocycles. The van der Waals surface area contributed by atoms with Crippen molar-refractivity contribution in [3.63, 3.8) is 0 Å². The summed E-state index contributed by atoms with van der Waals surface area (Å²) in [5.74, 6) is -0.312. The highest BCUT2D eigenvalue weighted by Gasteiger charge is 2.57. The summed E-state index contributed by atoms with van der Waals surface area (Å²) < 4.78 is 10.2. The SMILES string of the molecule is COC(=O)c1ccc(COC(=O)[C@@H]2CS[C@]3(c4ccccc4)CCC(=O)N23)cc1. The zero-order chi connectivity index (χ0) is 20.4. The van der Waals surface area contributed by atoms with Crippen LogP contribution in [0.3, 0.4) is 0 Å². The lowest BCUT2D eigenvalue weighted by Crippen LogP contribution is -2.46. The van der Waals surface area contributed by atoms with Gasteiger partial charge in [-0.25, -0.2) is 9.59 Å². The number of thioether (sulfide) groups is 1. The minimum atomic E-state index is -0.593. The van der Waals surface area contributed by atoms with Crippen molar-refractivity contribution in [1.82, 2.24) is 4.90 Å². The summed E-state index contributed by atoms with van der Waals surface area (Å²) in [6.45, 7) is 0.0851. The number of carbonyl (C=O) groups is 3. The molecule has 2 atom stereocenters. The Morgan fingerprint density at radius 2 is 1.86 bits per heavy atom. The molecule has 2 fully saturated rings. The van der Waals surface area contributed by atoms with Gasteiger partial charge in [-0.3, -0.25) is 4.79 Å². The fourth-order valence-electron chi connectivity index (χ4n) is 3.92. The van der Waals surface area contributed by atoms with Gasteiger partial charge in [0, 0.05) is 12.2 Å². The van der Waals surface area contributed by atoms with Crippen LogP contribution in [0.2, 0.25) is 0 Å². The zero-order valence-electron chi connectivity index (χ0n) is 16.0. The minimum Gasteiger partial charge on any atom is -0.465 e. The predicted octanol–water partition coefficient (Wildman–Crippen LogP) is 3.11. The summed E-state index contributed by atoms with van der Waals surface area (Å²) in [7, 11) is 1.33. The molecular weight excluding hydrogens is 390 g/mol. The molecule has 0 aliphatic carbocycles. The second kappa shape index (κ2) is 7.91. The van der Waals surface area contributed by atoms with E-state index in [4.69, 9.17) is 4.74 Å². The summed E-state index contributed by atoms with van der Waals surface area (Å²) in [5.41, 5.74) is 2.24. The van der Waals surface area contributed by atoms with E-state index in [1.807, 2.05) is 30.3 Å². The molecule has 1 amide bonds. The fraction of sp³-hybridized carbons (Fsp3) is 0.318. The summed E-state index contributed by atoms with van der Waals surface area (Å²) in [6.07, 6.45) is 1.12. The minimum absolute atomic E-state index is 0.0109. The predicted molar refractivity (Wildman–Crippen MR) is 108 cm³/mol. The van der Waals surface area contributed by atoms with Crippen LogP contribution in [0.25, 0.3) is 0 Å². The Balaban J connectivity index is 1.45. The van der Waals surface area contributed by atoms with Gasteiger partial charge in [0.1, 0.15) is 17.5 Å². The number of nitrogens with zero attached hydrogens (tertiary/aromatic N) is 1. The third-order valence-electron chi connectivity index (χ3n) is 5.38. The van der Waals surface area contributed by atoms with Crippen LogP contribution < -0.4 is 0 Å². The molecule has 2 aliphatic rings. The van der Waals surface area contributed by atoms with Crippen LogP contribution in [0.1, 0.15) is 34.3 Å². The maximum Gasteiger partial charge on any atom is 0.337 e. The molecule has 2 aliphatic heterocycles. The Bertz CT molecular complexity index is 930. The molecule has 0 radical (unpaired) electrons. The van der Waals surface area contributed by atoms with Crippen molar-refractivity contribution in [3.05, 3.63) is 71.3 Å². The summed E-state index contributed by atoms with van der Waals surface area (Å²) >= 11 is 1.64. The molecular formula is C22H21NO5S. The number of carbonyl (C=O) groups excluding carboxylic acids is 3. The quantitative estimate of drug-likeness (QED) is 0.704. The lowest BCUT2D eigenvalue weighted by atomic mass is 10.0. The van der Waals surface area contributed by atoms with Crippen molar-refractivity contribution in [1.29, 1.82) is 0 Å². The maximum atomic E-state index is 12.8. The second-order valence-electron chi connectivity index (χ2n) is 7.04. The smallest absolute Gasteiger partial charge is 0.337 e. The third kappa shape index (κ3) is 3.51. The van der Waals surface area contributed by atoms with Crippen LogP contribution in [0.15, 0.2) is 54.6 Å². The molecule has 2 aromatic carbocycles.